The summed E-state index contributed by atoms with van der Waals surface area (Å²) in [6.45, 7) is 3.85. The fourth-order valence-corrected chi connectivity index (χ4v) is 2.07. The molecule has 0 aromatic carbocycles. The second-order valence-electron chi connectivity index (χ2n) is 4.61. The molecule has 2 heterocycles. The average molecular weight is 222 g/mol. The molecule has 1 saturated heterocycles. The van der Waals surface area contributed by atoms with Crippen LogP contribution in [0, 0.1) is 0 Å². The van der Waals surface area contributed by atoms with E-state index < -0.39 is 0 Å². The van der Waals surface area contributed by atoms with Gasteiger partial charge in [0.15, 0.2) is 0 Å². The van der Waals surface area contributed by atoms with Crippen molar-refractivity contribution in [3.63, 3.8) is 0 Å². The van der Waals surface area contributed by atoms with Crippen molar-refractivity contribution in [3.8, 4) is 0 Å². The predicted octanol–water partition coefficient (Wildman–Crippen LogP) is 0.292. The Hall–Kier alpha value is -1.36. The Labute approximate surface area is 95.2 Å². The summed E-state index contributed by atoms with van der Waals surface area (Å²) in [5.41, 5.74) is 0.649. The minimum atomic E-state index is -0.0603. The van der Waals surface area contributed by atoms with Crippen LogP contribution in [0.25, 0.3) is 0 Å². The van der Waals surface area contributed by atoms with Crippen molar-refractivity contribution in [1.82, 2.24) is 20.4 Å². The second kappa shape index (κ2) is 4.25. The molecule has 1 aromatic rings. The molecule has 1 atom stereocenters. The molecule has 0 bridgehead atoms. The first kappa shape index (κ1) is 11.1. The zero-order chi connectivity index (χ0) is 11.6. The van der Waals surface area contributed by atoms with Gasteiger partial charge < -0.3 is 10.6 Å². The fourth-order valence-electron chi connectivity index (χ4n) is 2.07. The number of hydrogen-bond acceptors (Lipinski definition) is 3. The smallest absolute Gasteiger partial charge is 0.269 e. The van der Waals surface area contributed by atoms with Crippen LogP contribution in [0.15, 0.2) is 12.3 Å². The van der Waals surface area contributed by atoms with Crippen molar-refractivity contribution in [1.29, 1.82) is 0 Å². The molecule has 0 spiro atoms. The quantitative estimate of drug-likeness (QED) is 0.773. The number of nitrogens with one attached hydrogen (secondary N) is 2. The standard InChI is InChI=1S/C11H18N4O/c1-11(5-3-6-13-11)8-12-10(16)9-4-7-14-15(9)2/h4,7,13H,3,5-6,8H2,1-2H3,(H,12,16). The maximum atomic E-state index is 11.8. The molecular weight excluding hydrogens is 204 g/mol. The molecule has 1 aromatic heterocycles. The van der Waals surface area contributed by atoms with Crippen LogP contribution in [0.2, 0.25) is 0 Å². The summed E-state index contributed by atoms with van der Waals surface area (Å²) in [7, 11) is 1.77. The first-order valence-electron chi connectivity index (χ1n) is 5.62. The van der Waals surface area contributed by atoms with Gasteiger partial charge in [-0.15, -0.1) is 0 Å². The lowest BCUT2D eigenvalue weighted by atomic mass is 10.0. The lowest BCUT2D eigenvalue weighted by molar-refractivity contribution is 0.0933. The van der Waals surface area contributed by atoms with Crippen LogP contribution in [0.1, 0.15) is 30.3 Å². The number of hydrogen-bond donors (Lipinski definition) is 2. The summed E-state index contributed by atoms with van der Waals surface area (Å²) < 4.78 is 1.58. The van der Waals surface area contributed by atoms with E-state index in [0.717, 1.165) is 13.0 Å². The van der Waals surface area contributed by atoms with Gasteiger partial charge in [0.25, 0.3) is 5.91 Å². The molecular formula is C11H18N4O. The molecule has 2 N–H and O–H groups in total. The van der Waals surface area contributed by atoms with Gasteiger partial charge >= 0.3 is 0 Å². The Kier molecular flexibility index (Phi) is 2.96. The van der Waals surface area contributed by atoms with Crippen LogP contribution in [0.4, 0.5) is 0 Å². The topological polar surface area (TPSA) is 59.0 Å². The number of rotatable bonds is 3. The van der Waals surface area contributed by atoms with Gasteiger partial charge in [0.05, 0.1) is 0 Å². The van der Waals surface area contributed by atoms with E-state index in [1.807, 2.05) is 0 Å². The van der Waals surface area contributed by atoms with Gasteiger partial charge in [-0.05, 0) is 32.4 Å². The molecule has 88 valence electrons. The summed E-state index contributed by atoms with van der Waals surface area (Å²) in [6, 6.07) is 1.72. The highest BCUT2D eigenvalue weighted by atomic mass is 16.2. The zero-order valence-corrected chi connectivity index (χ0v) is 9.79. The summed E-state index contributed by atoms with van der Waals surface area (Å²) in [4.78, 5) is 11.8. The largest absolute Gasteiger partial charge is 0.349 e. The number of nitrogens with zero attached hydrogens (tertiary/aromatic N) is 2. The van der Waals surface area contributed by atoms with Gasteiger partial charge in [0, 0.05) is 25.3 Å². The van der Waals surface area contributed by atoms with Crippen molar-refractivity contribution >= 4 is 5.91 Å². The molecule has 0 radical (unpaired) electrons. The normalized spacial score (nSPS) is 24.6. The lowest BCUT2D eigenvalue weighted by Crippen LogP contribution is -2.47. The molecule has 1 amide bonds. The van der Waals surface area contributed by atoms with E-state index in [-0.39, 0.29) is 11.4 Å². The minimum Gasteiger partial charge on any atom is -0.349 e. The highest BCUT2D eigenvalue weighted by Gasteiger charge is 2.28. The zero-order valence-electron chi connectivity index (χ0n) is 9.79. The van der Waals surface area contributed by atoms with E-state index in [2.05, 4.69) is 22.7 Å². The highest BCUT2D eigenvalue weighted by Crippen LogP contribution is 2.17. The van der Waals surface area contributed by atoms with Gasteiger partial charge in [0.2, 0.25) is 0 Å². The Morgan fingerprint density at radius 2 is 2.56 bits per heavy atom. The number of aromatic nitrogens is 2. The minimum absolute atomic E-state index is 0.0499. The van der Waals surface area contributed by atoms with Crippen LogP contribution < -0.4 is 10.6 Å². The first-order valence-corrected chi connectivity index (χ1v) is 5.62. The maximum Gasteiger partial charge on any atom is 0.269 e. The van der Waals surface area contributed by atoms with E-state index in [1.165, 1.54) is 6.42 Å². The molecule has 16 heavy (non-hydrogen) atoms. The first-order chi connectivity index (χ1) is 7.61. The van der Waals surface area contributed by atoms with Crippen molar-refractivity contribution in [2.24, 2.45) is 7.05 Å². The Morgan fingerprint density at radius 3 is 3.12 bits per heavy atom. The third-order valence-corrected chi connectivity index (χ3v) is 3.15. The Morgan fingerprint density at radius 1 is 1.75 bits per heavy atom. The predicted molar refractivity (Wildman–Crippen MR) is 61.2 cm³/mol. The second-order valence-corrected chi connectivity index (χ2v) is 4.61. The molecule has 1 fully saturated rings. The number of carbonyl (C=O) groups is 1. The number of amides is 1. The number of aryl methyl sites for hydroxylation is 1. The molecule has 1 aliphatic rings. The van der Waals surface area contributed by atoms with Gasteiger partial charge in [0.1, 0.15) is 5.69 Å². The van der Waals surface area contributed by atoms with E-state index in [1.54, 1.807) is 24.0 Å². The summed E-state index contributed by atoms with van der Waals surface area (Å²) in [6.07, 6.45) is 3.92. The van der Waals surface area contributed by atoms with Crippen molar-refractivity contribution in [2.75, 3.05) is 13.1 Å². The molecule has 2 rings (SSSR count). The van der Waals surface area contributed by atoms with E-state index in [4.69, 9.17) is 0 Å². The van der Waals surface area contributed by atoms with Crippen molar-refractivity contribution in [3.05, 3.63) is 18.0 Å². The highest BCUT2D eigenvalue weighted by molar-refractivity contribution is 5.92. The van der Waals surface area contributed by atoms with E-state index in [0.29, 0.717) is 12.2 Å². The van der Waals surface area contributed by atoms with E-state index in [9.17, 15) is 4.79 Å². The Bertz CT molecular complexity index is 379. The van der Waals surface area contributed by atoms with Crippen LogP contribution in [-0.4, -0.2) is 34.3 Å². The third kappa shape index (κ3) is 2.24. The summed E-state index contributed by atoms with van der Waals surface area (Å²) in [5.74, 6) is -0.0603. The van der Waals surface area contributed by atoms with Gasteiger partial charge in [-0.3, -0.25) is 9.48 Å². The lowest BCUT2D eigenvalue weighted by Gasteiger charge is -2.24. The van der Waals surface area contributed by atoms with Crippen LogP contribution >= 0.6 is 0 Å². The van der Waals surface area contributed by atoms with Gasteiger partial charge in [-0.2, -0.15) is 5.10 Å². The van der Waals surface area contributed by atoms with Crippen molar-refractivity contribution < 1.29 is 4.79 Å². The Balaban J connectivity index is 1.91. The molecule has 5 heteroatoms. The van der Waals surface area contributed by atoms with Crippen LogP contribution in [-0.2, 0) is 7.05 Å². The van der Waals surface area contributed by atoms with Crippen LogP contribution in [0.5, 0.6) is 0 Å². The number of carbonyl (C=O) groups excluding carboxylic acids is 1. The summed E-state index contributed by atoms with van der Waals surface area (Å²) >= 11 is 0. The fraction of sp³-hybridized carbons (Fsp3) is 0.636. The van der Waals surface area contributed by atoms with Crippen LogP contribution in [0.3, 0.4) is 0 Å². The van der Waals surface area contributed by atoms with Crippen molar-refractivity contribution in [2.45, 2.75) is 25.3 Å². The molecule has 1 unspecified atom stereocenters. The van der Waals surface area contributed by atoms with E-state index >= 15 is 0 Å². The molecule has 1 aliphatic heterocycles. The molecule has 5 nitrogen and oxygen atoms in total. The average Bonchev–Trinajstić information content (AvgIpc) is 2.85. The molecule has 0 saturated carbocycles. The van der Waals surface area contributed by atoms with Gasteiger partial charge in [-0.25, -0.2) is 0 Å². The monoisotopic (exact) mass is 222 g/mol. The molecule has 0 aliphatic carbocycles. The third-order valence-electron chi connectivity index (χ3n) is 3.15. The SMILES string of the molecule is Cn1nccc1C(=O)NCC1(C)CCCN1. The van der Waals surface area contributed by atoms with Gasteiger partial charge in [-0.1, -0.05) is 0 Å². The maximum absolute atomic E-state index is 11.8. The summed E-state index contributed by atoms with van der Waals surface area (Å²) in [5, 5.41) is 10.3.